The van der Waals surface area contributed by atoms with Crippen LogP contribution in [0.1, 0.15) is 20.3 Å². The molecule has 0 aliphatic carbocycles. The number of ether oxygens (including phenoxy) is 1. The Balaban J connectivity index is 4.07. The van der Waals surface area contributed by atoms with Gasteiger partial charge in [-0.2, -0.15) is 0 Å². The summed E-state index contributed by atoms with van der Waals surface area (Å²) in [6, 6.07) is 0. The van der Waals surface area contributed by atoms with Crippen LogP contribution < -0.4 is 0 Å². The summed E-state index contributed by atoms with van der Waals surface area (Å²) < 4.78 is 9.98. The molecule has 1 atom stereocenters. The highest BCUT2D eigenvalue weighted by Gasteiger charge is 2.25. The van der Waals surface area contributed by atoms with E-state index in [2.05, 4.69) is 4.74 Å². The Labute approximate surface area is 85.7 Å². The molecule has 0 bridgehead atoms. The fourth-order valence-corrected chi connectivity index (χ4v) is 2.00. The van der Waals surface area contributed by atoms with Crippen molar-refractivity contribution in [2.75, 3.05) is 0 Å². The molecule has 0 spiro atoms. The van der Waals surface area contributed by atoms with Crippen LogP contribution in [0.15, 0.2) is 0 Å². The Morgan fingerprint density at radius 3 is 2.14 bits per heavy atom. The zero-order valence-corrected chi connectivity index (χ0v) is 10.4. The summed E-state index contributed by atoms with van der Waals surface area (Å²) >= 11 is 0. The lowest BCUT2D eigenvalue weighted by atomic mass is 10.4. The lowest BCUT2D eigenvalue weighted by molar-refractivity contribution is -0.164. The second-order valence-electron chi connectivity index (χ2n) is 4.02. The zero-order chi connectivity index (χ0) is 11.4. The van der Waals surface area contributed by atoms with Crippen molar-refractivity contribution >= 4 is 20.3 Å². The second-order valence-corrected chi connectivity index (χ2v) is 8.48. The molecule has 0 aromatic carbocycles. The van der Waals surface area contributed by atoms with Crippen LogP contribution in [0.5, 0.6) is 0 Å². The number of hydrogen-bond acceptors (Lipinski definition) is 4. The zero-order valence-electron chi connectivity index (χ0n) is 9.42. The first-order valence-corrected chi connectivity index (χ1v) is 8.09. The van der Waals surface area contributed by atoms with Crippen LogP contribution in [0, 0.1) is 0 Å². The fourth-order valence-electron chi connectivity index (χ4n) is 0.846. The van der Waals surface area contributed by atoms with Gasteiger partial charge in [0.1, 0.15) is 6.10 Å². The van der Waals surface area contributed by atoms with Gasteiger partial charge in [-0.1, -0.05) is 6.92 Å². The van der Waals surface area contributed by atoms with Crippen molar-refractivity contribution in [2.45, 2.75) is 46.0 Å². The van der Waals surface area contributed by atoms with E-state index in [9.17, 15) is 9.59 Å². The van der Waals surface area contributed by atoms with Crippen LogP contribution in [-0.2, 0) is 18.8 Å². The van der Waals surface area contributed by atoms with Crippen LogP contribution in [-0.4, -0.2) is 26.4 Å². The third kappa shape index (κ3) is 5.88. The SMILES string of the molecule is CCC(=O)OC(=O)C(C)O[Si](C)(C)C. The van der Waals surface area contributed by atoms with Crippen molar-refractivity contribution in [3.05, 3.63) is 0 Å². The second kappa shape index (κ2) is 5.26. The molecule has 82 valence electrons. The fraction of sp³-hybridized carbons (Fsp3) is 0.778. The maximum absolute atomic E-state index is 11.2. The molecule has 0 fully saturated rings. The Kier molecular flexibility index (Phi) is 5.00. The third-order valence-electron chi connectivity index (χ3n) is 1.37. The van der Waals surface area contributed by atoms with E-state index < -0.39 is 26.4 Å². The first kappa shape index (κ1) is 13.3. The summed E-state index contributed by atoms with van der Waals surface area (Å²) in [4.78, 5) is 22.0. The van der Waals surface area contributed by atoms with Crippen molar-refractivity contribution in [1.29, 1.82) is 0 Å². The van der Waals surface area contributed by atoms with Gasteiger partial charge in [-0.15, -0.1) is 0 Å². The monoisotopic (exact) mass is 218 g/mol. The molecule has 0 saturated carbocycles. The minimum absolute atomic E-state index is 0.200. The maximum atomic E-state index is 11.2. The number of carbonyl (C=O) groups is 2. The predicted octanol–water partition coefficient (Wildman–Crippen LogP) is 1.71. The van der Waals surface area contributed by atoms with E-state index in [0.29, 0.717) is 0 Å². The molecule has 0 amide bonds. The van der Waals surface area contributed by atoms with Crippen molar-refractivity contribution < 1.29 is 18.8 Å². The van der Waals surface area contributed by atoms with Crippen LogP contribution in [0.25, 0.3) is 0 Å². The average Bonchev–Trinajstić information content (AvgIpc) is 2.00. The predicted molar refractivity (Wildman–Crippen MR) is 55.3 cm³/mol. The summed E-state index contributed by atoms with van der Waals surface area (Å²) in [7, 11) is -1.76. The normalized spacial score (nSPS) is 13.5. The van der Waals surface area contributed by atoms with Gasteiger partial charge in [-0.05, 0) is 26.6 Å². The number of esters is 2. The minimum atomic E-state index is -1.76. The summed E-state index contributed by atoms with van der Waals surface area (Å²) in [5.74, 6) is -1.11. The van der Waals surface area contributed by atoms with Gasteiger partial charge in [0.15, 0.2) is 8.32 Å². The van der Waals surface area contributed by atoms with E-state index in [1.165, 1.54) is 0 Å². The summed E-state index contributed by atoms with van der Waals surface area (Å²) in [6.07, 6.45) is -0.456. The number of carbonyl (C=O) groups excluding carboxylic acids is 2. The van der Waals surface area contributed by atoms with Gasteiger partial charge >= 0.3 is 11.9 Å². The molecule has 4 nitrogen and oxygen atoms in total. The molecule has 0 aliphatic heterocycles. The van der Waals surface area contributed by atoms with Crippen LogP contribution >= 0.6 is 0 Å². The third-order valence-corrected chi connectivity index (χ3v) is 2.43. The van der Waals surface area contributed by atoms with E-state index in [1.807, 2.05) is 19.6 Å². The van der Waals surface area contributed by atoms with Gasteiger partial charge in [-0.3, -0.25) is 4.79 Å². The molecular formula is C9H18O4Si. The van der Waals surface area contributed by atoms with Gasteiger partial charge in [0.05, 0.1) is 0 Å². The van der Waals surface area contributed by atoms with Crippen molar-refractivity contribution in [1.82, 2.24) is 0 Å². The summed E-state index contributed by atoms with van der Waals surface area (Å²) in [5, 5.41) is 0. The first-order valence-electron chi connectivity index (χ1n) is 4.68. The lowest BCUT2D eigenvalue weighted by Crippen LogP contribution is -2.36. The summed E-state index contributed by atoms with van der Waals surface area (Å²) in [5.41, 5.74) is 0. The molecule has 14 heavy (non-hydrogen) atoms. The quantitative estimate of drug-likeness (QED) is 0.409. The van der Waals surface area contributed by atoms with Crippen molar-refractivity contribution in [3.8, 4) is 0 Å². The smallest absolute Gasteiger partial charge is 0.341 e. The standard InChI is InChI=1S/C9H18O4Si/c1-6-8(10)12-9(11)7(2)13-14(3,4)5/h7H,6H2,1-5H3. The summed E-state index contributed by atoms with van der Waals surface area (Å²) in [6.45, 7) is 9.15. The van der Waals surface area contributed by atoms with Gasteiger partial charge in [0, 0.05) is 6.42 Å². The molecule has 0 heterocycles. The maximum Gasteiger partial charge on any atom is 0.341 e. The van der Waals surface area contributed by atoms with Gasteiger partial charge < -0.3 is 9.16 Å². The molecule has 0 aromatic rings. The molecular weight excluding hydrogens is 200 g/mol. The Morgan fingerprint density at radius 2 is 1.79 bits per heavy atom. The lowest BCUT2D eigenvalue weighted by Gasteiger charge is -2.21. The minimum Gasteiger partial charge on any atom is -0.405 e. The molecule has 0 aliphatic rings. The molecule has 1 unspecified atom stereocenters. The van der Waals surface area contributed by atoms with E-state index in [-0.39, 0.29) is 6.42 Å². The Morgan fingerprint density at radius 1 is 1.29 bits per heavy atom. The highest BCUT2D eigenvalue weighted by molar-refractivity contribution is 6.69. The van der Waals surface area contributed by atoms with E-state index in [1.54, 1.807) is 13.8 Å². The molecule has 0 aromatic heterocycles. The van der Waals surface area contributed by atoms with Crippen molar-refractivity contribution in [2.24, 2.45) is 0 Å². The molecule has 0 radical (unpaired) electrons. The van der Waals surface area contributed by atoms with Crippen LogP contribution in [0.2, 0.25) is 19.6 Å². The van der Waals surface area contributed by atoms with E-state index in [4.69, 9.17) is 4.43 Å². The highest BCUT2D eigenvalue weighted by Crippen LogP contribution is 2.08. The average molecular weight is 218 g/mol. The van der Waals surface area contributed by atoms with E-state index >= 15 is 0 Å². The van der Waals surface area contributed by atoms with Crippen LogP contribution in [0.3, 0.4) is 0 Å². The largest absolute Gasteiger partial charge is 0.405 e. The van der Waals surface area contributed by atoms with Crippen LogP contribution in [0.4, 0.5) is 0 Å². The Bertz CT molecular complexity index is 219. The Hall–Kier alpha value is -0.683. The van der Waals surface area contributed by atoms with Gasteiger partial charge in [0.25, 0.3) is 0 Å². The van der Waals surface area contributed by atoms with Gasteiger partial charge in [0.2, 0.25) is 0 Å². The molecule has 0 saturated heterocycles. The number of rotatable bonds is 4. The molecule has 0 N–H and O–H groups in total. The molecule has 5 heteroatoms. The van der Waals surface area contributed by atoms with E-state index in [0.717, 1.165) is 0 Å². The topological polar surface area (TPSA) is 52.6 Å². The highest BCUT2D eigenvalue weighted by atomic mass is 28.4. The first-order chi connectivity index (χ1) is 6.26. The molecule has 0 rings (SSSR count). The van der Waals surface area contributed by atoms with Crippen molar-refractivity contribution in [3.63, 3.8) is 0 Å². The number of hydrogen-bond donors (Lipinski definition) is 0. The van der Waals surface area contributed by atoms with Gasteiger partial charge in [-0.25, -0.2) is 4.79 Å².